The number of methoxy groups -OCH3 is 1. The number of anilines is 1. The molecule has 0 amide bonds. The summed E-state index contributed by atoms with van der Waals surface area (Å²) < 4.78 is 29.2. The fourth-order valence-electron chi connectivity index (χ4n) is 1.98. The van der Waals surface area contributed by atoms with Crippen molar-refractivity contribution in [1.82, 2.24) is 5.32 Å². The Kier molecular flexibility index (Phi) is 3.26. The fraction of sp³-hybridized carbons (Fsp3) is 0.455. The highest BCUT2D eigenvalue weighted by atomic mass is 32.2. The third-order valence-corrected chi connectivity index (χ3v) is 4.60. The molecule has 1 unspecified atom stereocenters. The number of nitrogens with one attached hydrogen (secondary N) is 2. The molecule has 1 aromatic rings. The lowest BCUT2D eigenvalue weighted by molar-refractivity contribution is 0.413. The Morgan fingerprint density at radius 2 is 2.29 bits per heavy atom. The third-order valence-electron chi connectivity index (χ3n) is 2.75. The highest BCUT2D eigenvalue weighted by Crippen LogP contribution is 2.31. The second-order valence-electron chi connectivity index (χ2n) is 4.04. The SMILES string of the molecule is CNCC1CS(=O)(=O)c2cc(OC)ccc2N1. The van der Waals surface area contributed by atoms with Crippen LogP contribution in [0.1, 0.15) is 0 Å². The summed E-state index contributed by atoms with van der Waals surface area (Å²) in [7, 11) is 0.0971. The number of hydrogen-bond acceptors (Lipinski definition) is 5. The van der Waals surface area contributed by atoms with Gasteiger partial charge < -0.3 is 15.4 Å². The number of sulfone groups is 1. The minimum absolute atomic E-state index is 0.0918. The van der Waals surface area contributed by atoms with Crippen LogP contribution < -0.4 is 15.4 Å². The molecule has 0 fully saturated rings. The van der Waals surface area contributed by atoms with Crippen molar-refractivity contribution < 1.29 is 13.2 Å². The van der Waals surface area contributed by atoms with Gasteiger partial charge in [0, 0.05) is 12.6 Å². The molecule has 0 spiro atoms. The van der Waals surface area contributed by atoms with E-state index in [0.717, 1.165) is 0 Å². The van der Waals surface area contributed by atoms with Gasteiger partial charge in [-0.15, -0.1) is 0 Å². The Balaban J connectivity index is 2.42. The van der Waals surface area contributed by atoms with E-state index in [1.807, 2.05) is 0 Å². The van der Waals surface area contributed by atoms with Crippen LogP contribution >= 0.6 is 0 Å². The van der Waals surface area contributed by atoms with Crippen molar-refractivity contribution >= 4 is 15.5 Å². The number of likely N-dealkylation sites (N-methyl/N-ethyl adjacent to an activating group) is 1. The van der Waals surface area contributed by atoms with Crippen molar-refractivity contribution in [2.24, 2.45) is 0 Å². The Morgan fingerprint density at radius 1 is 1.53 bits per heavy atom. The maximum absolute atomic E-state index is 12.1. The number of fused-ring (bicyclic) bond motifs is 1. The molecule has 2 N–H and O–H groups in total. The molecule has 1 aliphatic heterocycles. The molecule has 0 bridgehead atoms. The van der Waals surface area contributed by atoms with Gasteiger partial charge in [0.2, 0.25) is 0 Å². The molecule has 1 aliphatic rings. The van der Waals surface area contributed by atoms with Gasteiger partial charge in [-0.3, -0.25) is 0 Å². The lowest BCUT2D eigenvalue weighted by Gasteiger charge is -2.27. The number of hydrogen-bond donors (Lipinski definition) is 2. The maximum Gasteiger partial charge on any atom is 0.182 e. The van der Waals surface area contributed by atoms with E-state index in [-0.39, 0.29) is 11.8 Å². The normalized spacial score (nSPS) is 21.4. The first-order chi connectivity index (χ1) is 8.06. The molecule has 2 rings (SSSR count). The molecule has 1 aromatic carbocycles. The van der Waals surface area contributed by atoms with E-state index in [2.05, 4.69) is 10.6 Å². The second kappa shape index (κ2) is 4.54. The van der Waals surface area contributed by atoms with Crippen molar-refractivity contribution in [2.45, 2.75) is 10.9 Å². The van der Waals surface area contributed by atoms with Gasteiger partial charge in [-0.05, 0) is 19.2 Å². The van der Waals surface area contributed by atoms with Gasteiger partial charge in [0.15, 0.2) is 9.84 Å². The summed E-state index contributed by atoms with van der Waals surface area (Å²) >= 11 is 0. The van der Waals surface area contributed by atoms with Gasteiger partial charge >= 0.3 is 0 Å². The van der Waals surface area contributed by atoms with Crippen molar-refractivity contribution in [3.8, 4) is 5.75 Å². The summed E-state index contributed by atoms with van der Waals surface area (Å²) in [6.07, 6.45) is 0. The second-order valence-corrected chi connectivity index (χ2v) is 6.05. The zero-order valence-corrected chi connectivity index (χ0v) is 10.7. The van der Waals surface area contributed by atoms with E-state index in [1.54, 1.807) is 25.2 Å². The first-order valence-electron chi connectivity index (χ1n) is 5.39. The van der Waals surface area contributed by atoms with E-state index in [4.69, 9.17) is 4.74 Å². The van der Waals surface area contributed by atoms with Crippen molar-refractivity contribution in [2.75, 3.05) is 31.8 Å². The zero-order valence-electron chi connectivity index (χ0n) is 9.86. The molecule has 17 heavy (non-hydrogen) atoms. The maximum atomic E-state index is 12.1. The van der Waals surface area contributed by atoms with E-state index >= 15 is 0 Å². The Hall–Kier alpha value is -1.27. The first kappa shape index (κ1) is 12.2. The minimum Gasteiger partial charge on any atom is -0.497 e. The van der Waals surface area contributed by atoms with Crippen molar-refractivity contribution in [3.05, 3.63) is 18.2 Å². The van der Waals surface area contributed by atoms with E-state index in [9.17, 15) is 8.42 Å². The average Bonchev–Trinajstić information content (AvgIpc) is 2.28. The Bertz CT molecular complexity index is 513. The molecule has 1 atom stereocenters. The quantitative estimate of drug-likeness (QED) is 0.823. The van der Waals surface area contributed by atoms with E-state index in [1.165, 1.54) is 7.11 Å². The summed E-state index contributed by atoms with van der Waals surface area (Å²) in [5, 5.41) is 6.18. The van der Waals surface area contributed by atoms with Crippen LogP contribution in [0.25, 0.3) is 0 Å². The zero-order chi connectivity index (χ0) is 12.5. The van der Waals surface area contributed by atoms with Gasteiger partial charge in [-0.25, -0.2) is 8.42 Å². The highest BCUT2D eigenvalue weighted by Gasteiger charge is 2.29. The lowest BCUT2D eigenvalue weighted by Crippen LogP contribution is -2.40. The van der Waals surface area contributed by atoms with Crippen LogP contribution in [0, 0.1) is 0 Å². The first-order valence-corrected chi connectivity index (χ1v) is 7.04. The summed E-state index contributed by atoms with van der Waals surface area (Å²) in [5.74, 6) is 0.662. The average molecular weight is 256 g/mol. The minimum atomic E-state index is -3.23. The van der Waals surface area contributed by atoms with Crippen LogP contribution in [-0.4, -0.2) is 40.9 Å². The molecule has 0 aromatic heterocycles. The summed E-state index contributed by atoms with van der Waals surface area (Å²) in [4.78, 5) is 0.323. The third kappa shape index (κ3) is 2.37. The molecule has 0 saturated carbocycles. The largest absolute Gasteiger partial charge is 0.497 e. The predicted molar refractivity (Wildman–Crippen MR) is 66.4 cm³/mol. The van der Waals surface area contributed by atoms with Crippen LogP contribution in [0.15, 0.2) is 23.1 Å². The van der Waals surface area contributed by atoms with Gasteiger partial charge in [0.1, 0.15) is 5.75 Å². The smallest absolute Gasteiger partial charge is 0.182 e. The van der Waals surface area contributed by atoms with Crippen molar-refractivity contribution in [1.29, 1.82) is 0 Å². The number of benzene rings is 1. The summed E-state index contributed by atoms with van der Waals surface area (Å²) in [5.41, 5.74) is 0.650. The summed E-state index contributed by atoms with van der Waals surface area (Å²) in [6, 6.07) is 4.97. The molecule has 94 valence electrons. The van der Waals surface area contributed by atoms with Crippen LogP contribution in [0.5, 0.6) is 5.75 Å². The molecular formula is C11H16N2O3S. The van der Waals surface area contributed by atoms with E-state index < -0.39 is 9.84 Å². The fourth-order valence-corrected chi connectivity index (χ4v) is 3.65. The molecule has 1 heterocycles. The Morgan fingerprint density at radius 3 is 2.94 bits per heavy atom. The van der Waals surface area contributed by atoms with Crippen LogP contribution in [0.4, 0.5) is 5.69 Å². The highest BCUT2D eigenvalue weighted by molar-refractivity contribution is 7.91. The molecule has 0 radical (unpaired) electrons. The topological polar surface area (TPSA) is 67.4 Å². The Labute approximate surface area is 101 Å². The van der Waals surface area contributed by atoms with Crippen LogP contribution in [0.3, 0.4) is 0 Å². The van der Waals surface area contributed by atoms with E-state index in [0.29, 0.717) is 22.9 Å². The summed E-state index contributed by atoms with van der Waals surface area (Å²) in [6.45, 7) is 0.616. The number of rotatable bonds is 3. The molecule has 5 nitrogen and oxygen atoms in total. The monoisotopic (exact) mass is 256 g/mol. The van der Waals surface area contributed by atoms with Crippen molar-refractivity contribution in [3.63, 3.8) is 0 Å². The van der Waals surface area contributed by atoms with Crippen LogP contribution in [0.2, 0.25) is 0 Å². The predicted octanol–water partition coefficient (Wildman–Crippen LogP) is 0.482. The van der Waals surface area contributed by atoms with Crippen LogP contribution in [-0.2, 0) is 9.84 Å². The van der Waals surface area contributed by atoms with Gasteiger partial charge in [0.05, 0.1) is 29.5 Å². The molecular weight excluding hydrogens is 240 g/mol. The number of ether oxygens (including phenoxy) is 1. The lowest BCUT2D eigenvalue weighted by atomic mass is 10.2. The molecule has 0 aliphatic carbocycles. The standard InChI is InChI=1S/C11H16N2O3S/c1-12-6-8-7-17(14,15)11-5-9(16-2)3-4-10(11)13-8/h3-5,8,12-13H,6-7H2,1-2H3. The molecule has 0 saturated heterocycles. The van der Waals surface area contributed by atoms with Gasteiger partial charge in [-0.1, -0.05) is 0 Å². The van der Waals surface area contributed by atoms with Gasteiger partial charge in [-0.2, -0.15) is 0 Å². The molecule has 6 heteroatoms. The van der Waals surface area contributed by atoms with Gasteiger partial charge in [0.25, 0.3) is 0 Å².